The maximum absolute atomic E-state index is 12.0. The standard InChI is InChI=1S/C18H21N3O4/c1-3-9-25-10-5-8-17(22)20-14-6-4-7-15(11-14)21-13(2)16(12-19-21)18(23)24/h3-4,6-7,11-12H,1,5,8-10H2,2H3,(H,20,22)(H,23,24). The molecule has 1 amide bonds. The fourth-order valence-electron chi connectivity index (χ4n) is 2.32. The lowest BCUT2D eigenvalue weighted by Crippen LogP contribution is -2.12. The number of carbonyl (C=O) groups excluding carboxylic acids is 1. The third-order valence-electron chi connectivity index (χ3n) is 3.54. The summed E-state index contributed by atoms with van der Waals surface area (Å²) in [5, 5.41) is 16.0. The van der Waals surface area contributed by atoms with Crippen LogP contribution in [-0.4, -0.2) is 40.0 Å². The zero-order chi connectivity index (χ0) is 18.2. The zero-order valence-electron chi connectivity index (χ0n) is 14.1. The van der Waals surface area contributed by atoms with Crippen LogP contribution in [0.3, 0.4) is 0 Å². The van der Waals surface area contributed by atoms with Gasteiger partial charge in [0.25, 0.3) is 0 Å². The number of hydrogen-bond donors (Lipinski definition) is 2. The first-order chi connectivity index (χ1) is 12.0. The molecule has 0 bridgehead atoms. The lowest BCUT2D eigenvalue weighted by atomic mass is 10.2. The Morgan fingerprint density at radius 2 is 2.24 bits per heavy atom. The van der Waals surface area contributed by atoms with E-state index in [0.29, 0.717) is 43.1 Å². The second kappa shape index (κ2) is 8.79. The van der Waals surface area contributed by atoms with Crippen molar-refractivity contribution >= 4 is 17.6 Å². The van der Waals surface area contributed by atoms with E-state index in [1.807, 2.05) is 0 Å². The van der Waals surface area contributed by atoms with Gasteiger partial charge < -0.3 is 15.2 Å². The van der Waals surface area contributed by atoms with Crippen molar-refractivity contribution < 1.29 is 19.4 Å². The molecule has 1 heterocycles. The molecule has 7 heteroatoms. The van der Waals surface area contributed by atoms with Crippen molar-refractivity contribution in [3.63, 3.8) is 0 Å². The fraction of sp³-hybridized carbons (Fsp3) is 0.278. The summed E-state index contributed by atoms with van der Waals surface area (Å²) in [5.41, 5.74) is 1.97. The normalized spacial score (nSPS) is 10.4. The van der Waals surface area contributed by atoms with Crippen molar-refractivity contribution in [2.45, 2.75) is 19.8 Å². The lowest BCUT2D eigenvalue weighted by Gasteiger charge is -2.09. The number of carboxylic acid groups (broad SMARTS) is 1. The van der Waals surface area contributed by atoms with Crippen molar-refractivity contribution in [2.24, 2.45) is 0 Å². The Morgan fingerprint density at radius 1 is 1.44 bits per heavy atom. The summed E-state index contributed by atoms with van der Waals surface area (Å²) >= 11 is 0. The first-order valence-electron chi connectivity index (χ1n) is 7.89. The minimum atomic E-state index is -1.02. The second-order valence-electron chi connectivity index (χ2n) is 5.43. The molecule has 0 atom stereocenters. The third kappa shape index (κ3) is 5.02. The minimum Gasteiger partial charge on any atom is -0.478 e. The van der Waals surface area contributed by atoms with Gasteiger partial charge in [0.1, 0.15) is 5.56 Å². The first-order valence-corrected chi connectivity index (χ1v) is 7.89. The number of carbonyl (C=O) groups is 2. The largest absolute Gasteiger partial charge is 0.478 e. The number of aromatic nitrogens is 2. The Labute approximate surface area is 145 Å². The van der Waals surface area contributed by atoms with Crippen LogP contribution in [0.1, 0.15) is 28.9 Å². The quantitative estimate of drug-likeness (QED) is 0.539. The zero-order valence-corrected chi connectivity index (χ0v) is 14.1. The summed E-state index contributed by atoms with van der Waals surface area (Å²) in [4.78, 5) is 23.1. The predicted molar refractivity (Wildman–Crippen MR) is 94.1 cm³/mol. The second-order valence-corrected chi connectivity index (χ2v) is 5.43. The molecule has 0 aliphatic rings. The van der Waals surface area contributed by atoms with Crippen LogP contribution < -0.4 is 5.32 Å². The number of anilines is 1. The minimum absolute atomic E-state index is 0.109. The first kappa shape index (κ1) is 18.4. The SMILES string of the molecule is C=CCOCCCC(=O)Nc1cccc(-n2ncc(C(=O)O)c2C)c1. The number of ether oxygens (including phenoxy) is 1. The topological polar surface area (TPSA) is 93.5 Å². The van der Waals surface area contributed by atoms with Gasteiger partial charge in [-0.1, -0.05) is 12.1 Å². The summed E-state index contributed by atoms with van der Waals surface area (Å²) in [6, 6.07) is 7.09. The molecule has 0 radical (unpaired) electrons. The fourth-order valence-corrected chi connectivity index (χ4v) is 2.32. The van der Waals surface area contributed by atoms with Crippen molar-refractivity contribution in [3.05, 3.63) is 54.4 Å². The molecule has 0 unspecified atom stereocenters. The molecule has 2 aromatic rings. The Balaban J connectivity index is 2.00. The highest BCUT2D eigenvalue weighted by Crippen LogP contribution is 2.18. The van der Waals surface area contributed by atoms with Gasteiger partial charge >= 0.3 is 5.97 Å². The van der Waals surface area contributed by atoms with E-state index in [9.17, 15) is 9.59 Å². The summed E-state index contributed by atoms with van der Waals surface area (Å²) in [7, 11) is 0. The van der Waals surface area contributed by atoms with Gasteiger partial charge in [0.05, 0.1) is 24.2 Å². The highest BCUT2D eigenvalue weighted by molar-refractivity contribution is 5.91. The average molecular weight is 343 g/mol. The third-order valence-corrected chi connectivity index (χ3v) is 3.54. The number of amides is 1. The number of hydrogen-bond acceptors (Lipinski definition) is 4. The molecule has 0 aliphatic carbocycles. The van der Waals surface area contributed by atoms with Crippen LogP contribution in [-0.2, 0) is 9.53 Å². The van der Waals surface area contributed by atoms with Crippen molar-refractivity contribution in [2.75, 3.05) is 18.5 Å². The van der Waals surface area contributed by atoms with E-state index >= 15 is 0 Å². The number of nitrogens with one attached hydrogen (secondary N) is 1. The Hall–Kier alpha value is -2.93. The monoisotopic (exact) mass is 343 g/mol. The Kier molecular flexibility index (Phi) is 6.47. The van der Waals surface area contributed by atoms with E-state index in [2.05, 4.69) is 17.0 Å². The van der Waals surface area contributed by atoms with E-state index in [4.69, 9.17) is 9.84 Å². The van der Waals surface area contributed by atoms with E-state index < -0.39 is 5.97 Å². The van der Waals surface area contributed by atoms with Gasteiger partial charge in [-0.3, -0.25) is 4.79 Å². The molecular formula is C18H21N3O4. The van der Waals surface area contributed by atoms with Crippen LogP contribution in [0.15, 0.2) is 43.1 Å². The molecule has 25 heavy (non-hydrogen) atoms. The van der Waals surface area contributed by atoms with E-state index in [1.54, 1.807) is 37.3 Å². The molecule has 1 aromatic heterocycles. The van der Waals surface area contributed by atoms with Gasteiger partial charge in [-0.2, -0.15) is 5.10 Å². The van der Waals surface area contributed by atoms with Gasteiger partial charge in [-0.25, -0.2) is 9.48 Å². The molecule has 132 valence electrons. The predicted octanol–water partition coefficient (Wildman–Crippen LogP) is 2.80. The number of rotatable bonds is 9. The van der Waals surface area contributed by atoms with Gasteiger partial charge in [0.15, 0.2) is 0 Å². The summed E-state index contributed by atoms with van der Waals surface area (Å²) in [5.74, 6) is -1.13. The maximum atomic E-state index is 12.0. The van der Waals surface area contributed by atoms with E-state index in [-0.39, 0.29) is 11.5 Å². The molecule has 2 rings (SSSR count). The Bertz CT molecular complexity index is 767. The molecule has 0 fully saturated rings. The van der Waals surface area contributed by atoms with Crippen molar-refractivity contribution in [1.82, 2.24) is 9.78 Å². The number of nitrogens with zero attached hydrogens (tertiary/aromatic N) is 2. The molecule has 0 saturated carbocycles. The van der Waals surface area contributed by atoms with E-state index in [1.165, 1.54) is 10.9 Å². The van der Waals surface area contributed by atoms with E-state index in [0.717, 1.165) is 0 Å². The van der Waals surface area contributed by atoms with Crippen LogP contribution in [0, 0.1) is 6.92 Å². The average Bonchev–Trinajstić information content (AvgIpc) is 2.96. The van der Waals surface area contributed by atoms with Crippen LogP contribution in [0.5, 0.6) is 0 Å². The number of benzene rings is 1. The molecule has 0 spiro atoms. The smallest absolute Gasteiger partial charge is 0.339 e. The molecule has 1 aromatic carbocycles. The van der Waals surface area contributed by atoms with Crippen LogP contribution in [0.4, 0.5) is 5.69 Å². The van der Waals surface area contributed by atoms with Crippen LogP contribution >= 0.6 is 0 Å². The molecule has 0 saturated heterocycles. The summed E-state index contributed by atoms with van der Waals surface area (Å²) in [6.45, 7) is 6.22. The van der Waals surface area contributed by atoms with Crippen molar-refractivity contribution in [3.8, 4) is 5.69 Å². The van der Waals surface area contributed by atoms with Gasteiger partial charge in [-0.15, -0.1) is 6.58 Å². The van der Waals surface area contributed by atoms with Gasteiger partial charge in [0, 0.05) is 18.7 Å². The highest BCUT2D eigenvalue weighted by Gasteiger charge is 2.14. The maximum Gasteiger partial charge on any atom is 0.339 e. The summed E-state index contributed by atoms with van der Waals surface area (Å²) in [6.07, 6.45) is 3.95. The molecule has 0 aliphatic heterocycles. The van der Waals surface area contributed by atoms with Crippen LogP contribution in [0.25, 0.3) is 5.69 Å². The molecular weight excluding hydrogens is 322 g/mol. The van der Waals surface area contributed by atoms with Gasteiger partial charge in [-0.05, 0) is 31.5 Å². The van der Waals surface area contributed by atoms with Gasteiger partial charge in [0.2, 0.25) is 5.91 Å². The lowest BCUT2D eigenvalue weighted by molar-refractivity contribution is -0.116. The highest BCUT2D eigenvalue weighted by atomic mass is 16.5. The van der Waals surface area contributed by atoms with Crippen molar-refractivity contribution in [1.29, 1.82) is 0 Å². The number of aromatic carboxylic acids is 1. The molecule has 7 nitrogen and oxygen atoms in total. The molecule has 2 N–H and O–H groups in total. The Morgan fingerprint density at radius 3 is 2.92 bits per heavy atom. The summed E-state index contributed by atoms with van der Waals surface area (Å²) < 4.78 is 6.77. The van der Waals surface area contributed by atoms with Crippen LogP contribution in [0.2, 0.25) is 0 Å². The number of carboxylic acids is 1.